The first-order valence-corrected chi connectivity index (χ1v) is 8.22. The van der Waals surface area contributed by atoms with Gasteiger partial charge < -0.3 is 15.5 Å². The van der Waals surface area contributed by atoms with E-state index in [1.54, 1.807) is 23.8 Å². The van der Waals surface area contributed by atoms with E-state index >= 15 is 0 Å². The minimum Gasteiger partial charge on any atom is -0.467 e. The van der Waals surface area contributed by atoms with Gasteiger partial charge in [-0.2, -0.15) is 5.10 Å². The molecular formula is C17H18N4OS. The van der Waals surface area contributed by atoms with Gasteiger partial charge in [0.05, 0.1) is 35.0 Å². The Balaban J connectivity index is 2.00. The molecule has 0 radical (unpaired) electrons. The fraction of sp³-hybridized carbons (Fsp3) is 0.294. The first-order chi connectivity index (χ1) is 11.2. The average Bonchev–Trinajstić information content (AvgIpc) is 3.14. The predicted molar refractivity (Wildman–Crippen MR) is 93.4 cm³/mol. The monoisotopic (exact) mass is 326 g/mol. The number of thiophene rings is 1. The van der Waals surface area contributed by atoms with E-state index < -0.39 is 0 Å². The number of furan rings is 1. The summed E-state index contributed by atoms with van der Waals surface area (Å²) >= 11 is 1.68. The van der Waals surface area contributed by atoms with E-state index in [4.69, 9.17) is 10.2 Å². The maximum Gasteiger partial charge on any atom is 0.122 e. The van der Waals surface area contributed by atoms with Crippen molar-refractivity contribution in [2.24, 2.45) is 5.73 Å². The number of nitrogens with zero attached hydrogens (tertiary/aromatic N) is 2. The highest BCUT2D eigenvalue weighted by molar-refractivity contribution is 7.20. The number of aromatic nitrogens is 2. The molecule has 0 aromatic carbocycles. The van der Waals surface area contributed by atoms with Gasteiger partial charge in [-0.3, -0.25) is 0 Å². The highest BCUT2D eigenvalue weighted by Crippen LogP contribution is 2.34. The Morgan fingerprint density at radius 1 is 1.48 bits per heavy atom. The molecule has 23 heavy (non-hydrogen) atoms. The maximum absolute atomic E-state index is 5.97. The average molecular weight is 326 g/mol. The minimum atomic E-state index is 0.0768. The van der Waals surface area contributed by atoms with Crippen molar-refractivity contribution >= 4 is 27.2 Å². The van der Waals surface area contributed by atoms with Gasteiger partial charge in [0.1, 0.15) is 11.3 Å². The fourth-order valence-corrected chi connectivity index (χ4v) is 3.68. The number of nitrogens with one attached hydrogen (secondary N) is 1. The van der Waals surface area contributed by atoms with Crippen molar-refractivity contribution in [1.29, 1.82) is 0 Å². The molecule has 0 saturated carbocycles. The molecule has 0 fully saturated rings. The topological polar surface area (TPSA) is 77.0 Å². The van der Waals surface area contributed by atoms with E-state index in [2.05, 4.69) is 27.4 Å². The zero-order valence-corrected chi connectivity index (χ0v) is 13.9. The maximum atomic E-state index is 5.97. The summed E-state index contributed by atoms with van der Waals surface area (Å²) in [5, 5.41) is 11.8. The second-order valence-electron chi connectivity index (χ2n) is 5.33. The van der Waals surface area contributed by atoms with Gasteiger partial charge in [-0.05, 0) is 32.4 Å². The Kier molecular flexibility index (Phi) is 4.60. The Hall–Kier alpha value is -2.36. The van der Waals surface area contributed by atoms with Gasteiger partial charge in [0.25, 0.3) is 0 Å². The Morgan fingerprint density at radius 3 is 3.04 bits per heavy atom. The highest BCUT2D eigenvalue weighted by atomic mass is 32.1. The number of anilines is 1. The van der Waals surface area contributed by atoms with Crippen LogP contribution >= 0.6 is 11.3 Å². The molecule has 1 atom stereocenters. The van der Waals surface area contributed by atoms with Gasteiger partial charge in [0.15, 0.2) is 0 Å². The van der Waals surface area contributed by atoms with Crippen LogP contribution in [-0.4, -0.2) is 16.2 Å². The van der Waals surface area contributed by atoms with Crippen LogP contribution in [0.5, 0.6) is 0 Å². The SMILES string of the molecule is CC#Cc1c(C[C@H](C)N)sc2c(NCc3ccco3)cnnc12. The standard InChI is InChI=1S/C17H18N4OS/c1-3-5-13-15(8-11(2)18)23-17-14(10-20-21-16(13)17)19-9-12-6-4-7-22-12/h4,6-7,10-11H,8-9,18H2,1-2H3,(H,19,21)/t11-/m0/s1. The second-order valence-corrected chi connectivity index (χ2v) is 6.43. The molecule has 0 aliphatic heterocycles. The lowest BCUT2D eigenvalue weighted by atomic mass is 10.1. The van der Waals surface area contributed by atoms with Crippen molar-refractivity contribution < 1.29 is 4.42 Å². The molecule has 0 bridgehead atoms. The molecule has 0 amide bonds. The fourth-order valence-electron chi connectivity index (χ4n) is 2.36. The zero-order valence-electron chi connectivity index (χ0n) is 13.1. The molecular weight excluding hydrogens is 308 g/mol. The van der Waals surface area contributed by atoms with E-state index in [0.717, 1.165) is 38.5 Å². The lowest BCUT2D eigenvalue weighted by Crippen LogP contribution is -2.17. The summed E-state index contributed by atoms with van der Waals surface area (Å²) < 4.78 is 6.41. The molecule has 0 aliphatic rings. The van der Waals surface area contributed by atoms with E-state index in [1.165, 1.54) is 0 Å². The molecule has 6 heteroatoms. The number of fused-ring (bicyclic) bond motifs is 1. The van der Waals surface area contributed by atoms with Crippen molar-refractivity contribution in [2.75, 3.05) is 5.32 Å². The van der Waals surface area contributed by atoms with Crippen LogP contribution in [-0.2, 0) is 13.0 Å². The lowest BCUT2D eigenvalue weighted by Gasteiger charge is -2.04. The minimum absolute atomic E-state index is 0.0768. The highest BCUT2D eigenvalue weighted by Gasteiger charge is 2.16. The van der Waals surface area contributed by atoms with Crippen molar-refractivity contribution in [3.05, 3.63) is 40.8 Å². The smallest absolute Gasteiger partial charge is 0.122 e. The van der Waals surface area contributed by atoms with Crippen LogP contribution in [0, 0.1) is 11.8 Å². The van der Waals surface area contributed by atoms with Crippen LogP contribution < -0.4 is 11.1 Å². The van der Waals surface area contributed by atoms with Crippen LogP contribution in [0.4, 0.5) is 5.69 Å². The summed E-state index contributed by atoms with van der Waals surface area (Å²) in [4.78, 5) is 1.16. The first-order valence-electron chi connectivity index (χ1n) is 7.40. The molecule has 3 rings (SSSR count). The molecule has 0 spiro atoms. The summed E-state index contributed by atoms with van der Waals surface area (Å²) in [6.07, 6.45) is 4.18. The van der Waals surface area contributed by atoms with Crippen LogP contribution in [0.3, 0.4) is 0 Å². The van der Waals surface area contributed by atoms with Crippen LogP contribution in [0.15, 0.2) is 29.0 Å². The van der Waals surface area contributed by atoms with Crippen molar-refractivity contribution in [1.82, 2.24) is 10.2 Å². The lowest BCUT2D eigenvalue weighted by molar-refractivity contribution is 0.518. The number of rotatable bonds is 5. The summed E-state index contributed by atoms with van der Waals surface area (Å²) in [5.74, 6) is 6.99. The van der Waals surface area contributed by atoms with Gasteiger partial charge in [-0.1, -0.05) is 5.92 Å². The third-order valence-electron chi connectivity index (χ3n) is 3.34. The number of hydrogen-bond donors (Lipinski definition) is 2. The van der Waals surface area contributed by atoms with E-state index in [-0.39, 0.29) is 6.04 Å². The number of hydrogen-bond acceptors (Lipinski definition) is 6. The largest absolute Gasteiger partial charge is 0.467 e. The summed E-state index contributed by atoms with van der Waals surface area (Å²) in [5.41, 5.74) is 8.68. The normalized spacial score (nSPS) is 12.0. The molecule has 5 nitrogen and oxygen atoms in total. The Labute approximate surface area is 138 Å². The third kappa shape index (κ3) is 3.36. The molecule has 118 valence electrons. The van der Waals surface area contributed by atoms with Gasteiger partial charge in [0, 0.05) is 10.9 Å². The third-order valence-corrected chi connectivity index (χ3v) is 4.57. The molecule has 0 aliphatic carbocycles. The Bertz CT molecular complexity index is 856. The van der Waals surface area contributed by atoms with Gasteiger partial charge in [-0.15, -0.1) is 22.4 Å². The zero-order chi connectivity index (χ0) is 16.2. The first kappa shape index (κ1) is 15.5. The van der Waals surface area contributed by atoms with Crippen molar-refractivity contribution in [3.8, 4) is 11.8 Å². The van der Waals surface area contributed by atoms with E-state index in [9.17, 15) is 0 Å². The molecule has 3 heterocycles. The molecule has 0 saturated heterocycles. The summed E-state index contributed by atoms with van der Waals surface area (Å²) in [7, 11) is 0. The predicted octanol–water partition coefficient (Wildman–Crippen LogP) is 3.16. The summed E-state index contributed by atoms with van der Waals surface area (Å²) in [6.45, 7) is 4.42. The van der Waals surface area contributed by atoms with Crippen molar-refractivity contribution in [2.45, 2.75) is 32.9 Å². The second kappa shape index (κ2) is 6.82. The molecule has 3 aromatic rings. The van der Waals surface area contributed by atoms with E-state index in [1.807, 2.05) is 26.0 Å². The van der Waals surface area contributed by atoms with Crippen molar-refractivity contribution in [3.63, 3.8) is 0 Å². The van der Waals surface area contributed by atoms with Crippen LogP contribution in [0.25, 0.3) is 10.2 Å². The van der Waals surface area contributed by atoms with Gasteiger partial charge in [0.2, 0.25) is 0 Å². The van der Waals surface area contributed by atoms with Crippen LogP contribution in [0.2, 0.25) is 0 Å². The van der Waals surface area contributed by atoms with Gasteiger partial charge >= 0.3 is 0 Å². The molecule has 3 N–H and O–H groups in total. The molecule has 0 unspecified atom stereocenters. The quantitative estimate of drug-likeness (QED) is 0.704. The molecule has 3 aromatic heterocycles. The number of nitrogens with two attached hydrogens (primary N) is 1. The van der Waals surface area contributed by atoms with Gasteiger partial charge in [-0.25, -0.2) is 0 Å². The van der Waals surface area contributed by atoms with E-state index in [0.29, 0.717) is 6.54 Å². The Morgan fingerprint density at radius 2 is 2.35 bits per heavy atom. The van der Waals surface area contributed by atoms with Crippen LogP contribution in [0.1, 0.15) is 30.0 Å². The summed E-state index contributed by atoms with van der Waals surface area (Å²) in [6, 6.07) is 3.88.